The third kappa shape index (κ3) is 8.39. The minimum absolute atomic E-state index is 0.00428. The molecule has 0 rings (SSSR count). The Labute approximate surface area is 115 Å². The summed E-state index contributed by atoms with van der Waals surface area (Å²) in [5, 5.41) is 0. The summed E-state index contributed by atoms with van der Waals surface area (Å²) in [6.07, 6.45) is -0.00428. The molecule has 1 atom stereocenters. The van der Waals surface area contributed by atoms with Crippen molar-refractivity contribution in [2.45, 2.75) is 59.2 Å². The van der Waals surface area contributed by atoms with Crippen LogP contribution >= 0.6 is 12.6 Å². The van der Waals surface area contributed by atoms with Gasteiger partial charge in [0, 0.05) is 5.75 Å². The number of ether oxygens (including phenoxy) is 2. The zero-order valence-corrected chi connectivity index (χ0v) is 13.0. The maximum atomic E-state index is 11.8. The van der Waals surface area contributed by atoms with Gasteiger partial charge in [-0.3, -0.25) is 9.59 Å². The van der Waals surface area contributed by atoms with Crippen molar-refractivity contribution in [3.8, 4) is 0 Å². The summed E-state index contributed by atoms with van der Waals surface area (Å²) in [4.78, 5) is 23.4. The van der Waals surface area contributed by atoms with Crippen molar-refractivity contribution in [2.24, 2.45) is 5.92 Å². The molecule has 0 aromatic carbocycles. The molecule has 0 aromatic heterocycles. The largest absolute Gasteiger partial charge is 0.460 e. The number of thiol groups is 1. The molecule has 0 bridgehead atoms. The third-order valence-electron chi connectivity index (χ3n) is 1.79. The fraction of sp³-hybridized carbons (Fsp3) is 0.846. The van der Waals surface area contributed by atoms with Crippen molar-refractivity contribution in [3.05, 3.63) is 0 Å². The van der Waals surface area contributed by atoms with E-state index in [9.17, 15) is 9.59 Å². The first-order valence-corrected chi connectivity index (χ1v) is 6.63. The molecule has 0 unspecified atom stereocenters. The SMILES string of the molecule is CC(C)(C)OC(=O)C[C@@H](CS)C(=O)OC(C)(C)C. The highest BCUT2D eigenvalue weighted by Crippen LogP contribution is 2.17. The molecule has 106 valence electrons. The van der Waals surface area contributed by atoms with Gasteiger partial charge in [-0.2, -0.15) is 12.6 Å². The predicted octanol–water partition coefficient (Wildman–Crippen LogP) is 2.61. The van der Waals surface area contributed by atoms with Crippen LogP contribution in [-0.2, 0) is 19.1 Å². The van der Waals surface area contributed by atoms with Crippen LogP contribution in [0.3, 0.4) is 0 Å². The maximum Gasteiger partial charge on any atom is 0.310 e. The van der Waals surface area contributed by atoms with Crippen molar-refractivity contribution in [3.63, 3.8) is 0 Å². The lowest BCUT2D eigenvalue weighted by atomic mass is 10.1. The molecule has 0 saturated heterocycles. The number of hydrogen-bond acceptors (Lipinski definition) is 5. The summed E-state index contributed by atoms with van der Waals surface area (Å²) < 4.78 is 10.4. The quantitative estimate of drug-likeness (QED) is 0.633. The van der Waals surface area contributed by atoms with Gasteiger partial charge in [-0.15, -0.1) is 0 Å². The Morgan fingerprint density at radius 3 is 1.78 bits per heavy atom. The number of esters is 2. The number of rotatable bonds is 4. The normalized spacial score (nSPS) is 13.9. The minimum Gasteiger partial charge on any atom is -0.460 e. The summed E-state index contributed by atoms with van der Waals surface area (Å²) in [5.74, 6) is -1.13. The van der Waals surface area contributed by atoms with E-state index in [1.165, 1.54) is 0 Å². The first-order chi connectivity index (χ1) is 7.94. The van der Waals surface area contributed by atoms with Gasteiger partial charge in [-0.25, -0.2) is 0 Å². The van der Waals surface area contributed by atoms with Gasteiger partial charge in [0.1, 0.15) is 11.2 Å². The third-order valence-corrected chi connectivity index (χ3v) is 2.23. The lowest BCUT2D eigenvalue weighted by Gasteiger charge is -2.24. The van der Waals surface area contributed by atoms with Gasteiger partial charge in [0.2, 0.25) is 0 Å². The van der Waals surface area contributed by atoms with Crippen molar-refractivity contribution < 1.29 is 19.1 Å². The van der Waals surface area contributed by atoms with Gasteiger partial charge in [-0.05, 0) is 41.5 Å². The molecule has 5 heteroatoms. The van der Waals surface area contributed by atoms with E-state index in [0.29, 0.717) is 0 Å². The van der Waals surface area contributed by atoms with Crippen LogP contribution in [0.25, 0.3) is 0 Å². The van der Waals surface area contributed by atoms with E-state index < -0.39 is 29.1 Å². The molecule has 18 heavy (non-hydrogen) atoms. The summed E-state index contributed by atoms with van der Waals surface area (Å²) in [7, 11) is 0. The summed E-state index contributed by atoms with van der Waals surface area (Å²) in [6, 6.07) is 0. The zero-order chi connectivity index (χ0) is 14.6. The maximum absolute atomic E-state index is 11.8. The monoisotopic (exact) mass is 276 g/mol. The standard InChI is InChI=1S/C13H24O4S/c1-12(2,3)16-10(14)7-9(8-18)11(15)17-13(4,5)6/h9,18H,7-8H2,1-6H3/t9-/m0/s1. The second-order valence-electron chi connectivity index (χ2n) is 6.20. The Morgan fingerprint density at radius 2 is 1.44 bits per heavy atom. The van der Waals surface area contributed by atoms with Crippen LogP contribution in [-0.4, -0.2) is 28.9 Å². The first-order valence-electron chi connectivity index (χ1n) is 6.00. The van der Waals surface area contributed by atoms with E-state index in [2.05, 4.69) is 12.6 Å². The first kappa shape index (κ1) is 17.3. The predicted molar refractivity (Wildman–Crippen MR) is 73.7 cm³/mol. The molecule has 0 aliphatic carbocycles. The second-order valence-corrected chi connectivity index (χ2v) is 6.57. The van der Waals surface area contributed by atoms with Gasteiger partial charge in [-0.1, -0.05) is 0 Å². The van der Waals surface area contributed by atoms with Gasteiger partial charge < -0.3 is 9.47 Å². The van der Waals surface area contributed by atoms with Gasteiger partial charge in [0.05, 0.1) is 12.3 Å². The Balaban J connectivity index is 4.44. The van der Waals surface area contributed by atoms with Crippen LogP contribution < -0.4 is 0 Å². The average Bonchev–Trinajstić information content (AvgIpc) is 2.07. The van der Waals surface area contributed by atoms with Gasteiger partial charge >= 0.3 is 11.9 Å². The fourth-order valence-electron chi connectivity index (χ4n) is 1.19. The molecular weight excluding hydrogens is 252 g/mol. The molecule has 0 aliphatic rings. The highest BCUT2D eigenvalue weighted by Gasteiger charge is 2.28. The van der Waals surface area contributed by atoms with Gasteiger partial charge in [0.25, 0.3) is 0 Å². The number of hydrogen-bond donors (Lipinski definition) is 1. The molecule has 0 heterocycles. The molecule has 0 radical (unpaired) electrons. The average molecular weight is 276 g/mol. The van der Waals surface area contributed by atoms with Crippen LogP contribution in [0.4, 0.5) is 0 Å². The zero-order valence-electron chi connectivity index (χ0n) is 12.1. The van der Waals surface area contributed by atoms with Crippen molar-refractivity contribution in [1.82, 2.24) is 0 Å². The van der Waals surface area contributed by atoms with E-state index in [1.54, 1.807) is 41.5 Å². The Morgan fingerprint density at radius 1 is 1.00 bits per heavy atom. The lowest BCUT2D eigenvalue weighted by molar-refractivity contribution is -0.166. The van der Waals surface area contributed by atoms with Crippen molar-refractivity contribution in [2.75, 3.05) is 5.75 Å². The van der Waals surface area contributed by atoms with Crippen molar-refractivity contribution >= 4 is 24.6 Å². The minimum atomic E-state index is -0.567. The highest BCUT2D eigenvalue weighted by atomic mass is 32.1. The lowest BCUT2D eigenvalue weighted by Crippen LogP contribution is -2.32. The Hall–Kier alpha value is -0.710. The molecule has 0 fully saturated rings. The van der Waals surface area contributed by atoms with Crippen LogP contribution in [0.5, 0.6) is 0 Å². The summed E-state index contributed by atoms with van der Waals surface area (Å²) in [5.41, 5.74) is -1.11. The van der Waals surface area contributed by atoms with E-state index in [1.807, 2.05) is 0 Å². The molecule has 0 N–H and O–H groups in total. The molecule has 0 saturated carbocycles. The van der Waals surface area contributed by atoms with Crippen LogP contribution in [0.1, 0.15) is 48.0 Å². The van der Waals surface area contributed by atoms with Crippen LogP contribution in [0.2, 0.25) is 0 Å². The fourth-order valence-corrected chi connectivity index (χ4v) is 1.47. The molecule has 0 aliphatic heterocycles. The van der Waals surface area contributed by atoms with Crippen LogP contribution in [0, 0.1) is 5.92 Å². The molecule has 0 spiro atoms. The highest BCUT2D eigenvalue weighted by molar-refractivity contribution is 7.80. The van der Waals surface area contributed by atoms with Crippen molar-refractivity contribution in [1.29, 1.82) is 0 Å². The number of carbonyl (C=O) groups excluding carboxylic acids is 2. The van der Waals surface area contributed by atoms with Gasteiger partial charge in [0.15, 0.2) is 0 Å². The second kappa shape index (κ2) is 6.45. The topological polar surface area (TPSA) is 52.6 Å². The van der Waals surface area contributed by atoms with E-state index >= 15 is 0 Å². The Bertz CT molecular complexity index is 299. The molecule has 0 amide bonds. The van der Waals surface area contributed by atoms with E-state index in [4.69, 9.17) is 9.47 Å². The molecular formula is C13H24O4S. The van der Waals surface area contributed by atoms with Crippen LogP contribution in [0.15, 0.2) is 0 Å². The van der Waals surface area contributed by atoms with E-state index in [-0.39, 0.29) is 12.2 Å². The van der Waals surface area contributed by atoms with E-state index in [0.717, 1.165) is 0 Å². The summed E-state index contributed by atoms with van der Waals surface area (Å²) >= 11 is 4.08. The summed E-state index contributed by atoms with van der Waals surface area (Å²) in [6.45, 7) is 10.7. The number of carbonyl (C=O) groups is 2. The smallest absolute Gasteiger partial charge is 0.310 e. The molecule has 4 nitrogen and oxygen atoms in total. The molecule has 0 aromatic rings. The Kier molecular flexibility index (Phi) is 6.20.